The van der Waals surface area contributed by atoms with Crippen molar-refractivity contribution in [2.75, 3.05) is 23.5 Å². The van der Waals surface area contributed by atoms with Crippen LogP contribution in [-0.4, -0.2) is 37.7 Å². The minimum absolute atomic E-state index is 0.138. The monoisotopic (exact) mass is 236 g/mol. The van der Waals surface area contributed by atoms with Gasteiger partial charge in [-0.1, -0.05) is 0 Å². The molecule has 1 heterocycles. The highest BCUT2D eigenvalue weighted by Gasteiger charge is 2.22. The molecule has 0 aromatic carbocycles. The van der Waals surface area contributed by atoms with Crippen LogP contribution in [0.5, 0.6) is 0 Å². The van der Waals surface area contributed by atoms with E-state index in [0.29, 0.717) is 12.8 Å². The van der Waals surface area contributed by atoms with E-state index in [-0.39, 0.29) is 17.5 Å². The number of hydrogen-bond acceptors (Lipinski definition) is 4. The van der Waals surface area contributed by atoms with Crippen LogP contribution in [-0.2, 0) is 14.6 Å². The number of hydrogen-bond donors (Lipinski definition) is 0. The van der Waals surface area contributed by atoms with Gasteiger partial charge in [0.25, 0.3) is 0 Å². The summed E-state index contributed by atoms with van der Waals surface area (Å²) in [4.78, 5) is 11.5. The van der Waals surface area contributed by atoms with Crippen LogP contribution < -0.4 is 0 Å². The number of thioether (sulfide) groups is 1. The summed E-state index contributed by atoms with van der Waals surface area (Å²) in [5, 5.41) is 0. The number of sulfone groups is 1. The molecule has 0 saturated carbocycles. The first kappa shape index (κ1) is 12.0. The summed E-state index contributed by atoms with van der Waals surface area (Å²) >= 11 is 1.81. The predicted octanol–water partition coefficient (Wildman–Crippen LogP) is 1.13. The molecule has 1 saturated heterocycles. The zero-order valence-electron chi connectivity index (χ0n) is 8.36. The molecule has 0 N–H and O–H groups in total. The highest BCUT2D eigenvalue weighted by Crippen LogP contribution is 2.25. The van der Waals surface area contributed by atoms with Crippen molar-refractivity contribution in [2.45, 2.75) is 19.3 Å². The van der Waals surface area contributed by atoms with Gasteiger partial charge >= 0.3 is 0 Å². The van der Waals surface area contributed by atoms with Gasteiger partial charge in [-0.05, 0) is 18.6 Å². The van der Waals surface area contributed by atoms with Gasteiger partial charge in [0.15, 0.2) is 0 Å². The summed E-state index contributed by atoms with van der Waals surface area (Å²) in [6.45, 7) is 0. The molecule has 0 spiro atoms. The molecule has 0 bridgehead atoms. The molecule has 0 amide bonds. The number of rotatable bonds is 5. The third-order valence-electron chi connectivity index (χ3n) is 2.32. The molecule has 0 radical (unpaired) electrons. The van der Waals surface area contributed by atoms with Gasteiger partial charge < -0.3 is 0 Å². The Bertz CT molecular complexity index is 289. The van der Waals surface area contributed by atoms with Gasteiger partial charge in [0, 0.05) is 24.3 Å². The van der Waals surface area contributed by atoms with Crippen molar-refractivity contribution in [3.8, 4) is 0 Å². The van der Waals surface area contributed by atoms with Gasteiger partial charge in [0.05, 0.1) is 5.75 Å². The number of Topliss-reactive ketones (excluding diaryl/α,β-unsaturated/α-hetero) is 1. The van der Waals surface area contributed by atoms with Crippen molar-refractivity contribution in [3.05, 3.63) is 0 Å². The second kappa shape index (κ2) is 5.16. The van der Waals surface area contributed by atoms with E-state index >= 15 is 0 Å². The van der Waals surface area contributed by atoms with Crippen LogP contribution in [0.2, 0.25) is 0 Å². The summed E-state index contributed by atoms with van der Waals surface area (Å²) in [7, 11) is -2.90. The molecule has 1 aliphatic heterocycles. The molecule has 5 heteroatoms. The molecule has 82 valence electrons. The Morgan fingerprint density at radius 3 is 2.71 bits per heavy atom. The van der Waals surface area contributed by atoms with Crippen LogP contribution in [0.4, 0.5) is 0 Å². The van der Waals surface area contributed by atoms with E-state index in [1.165, 1.54) is 6.26 Å². The third kappa shape index (κ3) is 4.46. The van der Waals surface area contributed by atoms with E-state index < -0.39 is 9.84 Å². The zero-order valence-corrected chi connectivity index (χ0v) is 9.99. The van der Waals surface area contributed by atoms with E-state index in [9.17, 15) is 13.2 Å². The summed E-state index contributed by atoms with van der Waals surface area (Å²) in [5.41, 5.74) is 0. The maximum atomic E-state index is 11.5. The molecule has 0 aliphatic carbocycles. The number of carbonyl (C=O) groups excluding carboxylic acids is 1. The topological polar surface area (TPSA) is 51.2 Å². The van der Waals surface area contributed by atoms with Gasteiger partial charge in [-0.25, -0.2) is 8.42 Å². The fraction of sp³-hybridized carbons (Fsp3) is 0.889. The molecular formula is C9H16O3S2. The second-order valence-electron chi connectivity index (χ2n) is 3.76. The molecule has 3 nitrogen and oxygen atoms in total. The Labute approximate surface area is 89.6 Å². The third-order valence-corrected chi connectivity index (χ3v) is 4.52. The molecule has 14 heavy (non-hydrogen) atoms. The molecule has 1 aliphatic rings. The average molecular weight is 236 g/mol. The molecular weight excluding hydrogens is 220 g/mol. The highest BCUT2D eigenvalue weighted by atomic mass is 32.2. The Morgan fingerprint density at radius 1 is 1.50 bits per heavy atom. The van der Waals surface area contributed by atoms with Gasteiger partial charge in [0.1, 0.15) is 15.6 Å². The van der Waals surface area contributed by atoms with Crippen molar-refractivity contribution in [1.29, 1.82) is 0 Å². The van der Waals surface area contributed by atoms with Gasteiger partial charge in [-0.3, -0.25) is 4.79 Å². The van der Waals surface area contributed by atoms with Crippen LogP contribution in [0.15, 0.2) is 0 Å². The van der Waals surface area contributed by atoms with Crippen LogP contribution in [0, 0.1) is 5.92 Å². The van der Waals surface area contributed by atoms with E-state index in [4.69, 9.17) is 0 Å². The van der Waals surface area contributed by atoms with Crippen LogP contribution in [0.25, 0.3) is 0 Å². The molecule has 1 atom stereocenters. The van der Waals surface area contributed by atoms with Crippen LogP contribution >= 0.6 is 11.8 Å². The van der Waals surface area contributed by atoms with Crippen molar-refractivity contribution < 1.29 is 13.2 Å². The number of ketones is 1. The standard InChI is InChI=1S/C9H16O3S2/c1-14(11,12)6-2-3-9(10)8-4-5-13-7-8/h8H,2-7H2,1H3. The Balaban J connectivity index is 2.21. The zero-order chi connectivity index (χ0) is 10.6. The Hall–Kier alpha value is -0.0300. The molecule has 1 rings (SSSR count). The first-order valence-corrected chi connectivity index (χ1v) is 7.99. The Morgan fingerprint density at radius 2 is 2.21 bits per heavy atom. The fourth-order valence-corrected chi connectivity index (χ4v) is 3.42. The smallest absolute Gasteiger partial charge is 0.147 e. The van der Waals surface area contributed by atoms with Gasteiger partial charge in [-0.2, -0.15) is 11.8 Å². The lowest BCUT2D eigenvalue weighted by Gasteiger charge is -2.05. The summed E-state index contributed by atoms with van der Waals surface area (Å²) in [5.74, 6) is 2.58. The number of carbonyl (C=O) groups is 1. The maximum absolute atomic E-state index is 11.5. The van der Waals surface area contributed by atoms with Crippen molar-refractivity contribution in [2.24, 2.45) is 5.92 Å². The van der Waals surface area contributed by atoms with E-state index in [0.717, 1.165) is 17.9 Å². The fourth-order valence-electron chi connectivity index (χ4n) is 1.50. The normalized spacial score (nSPS) is 22.5. The lowest BCUT2D eigenvalue weighted by molar-refractivity contribution is -0.122. The Kier molecular flexibility index (Phi) is 4.44. The first-order valence-electron chi connectivity index (χ1n) is 4.77. The van der Waals surface area contributed by atoms with E-state index in [1.807, 2.05) is 11.8 Å². The van der Waals surface area contributed by atoms with Crippen LogP contribution in [0.3, 0.4) is 0 Å². The lowest BCUT2D eigenvalue weighted by atomic mass is 10.0. The van der Waals surface area contributed by atoms with Crippen LogP contribution in [0.1, 0.15) is 19.3 Å². The molecule has 0 aromatic heterocycles. The first-order chi connectivity index (χ1) is 6.49. The molecule has 1 unspecified atom stereocenters. The summed E-state index contributed by atoms with van der Waals surface area (Å²) in [6.07, 6.45) is 3.10. The molecule has 1 fully saturated rings. The lowest BCUT2D eigenvalue weighted by Crippen LogP contribution is -2.15. The minimum Gasteiger partial charge on any atom is -0.299 e. The maximum Gasteiger partial charge on any atom is 0.147 e. The van der Waals surface area contributed by atoms with Crippen molar-refractivity contribution in [1.82, 2.24) is 0 Å². The summed E-state index contributed by atoms with van der Waals surface area (Å²) < 4.78 is 21.6. The quantitative estimate of drug-likeness (QED) is 0.718. The van der Waals surface area contributed by atoms with Gasteiger partial charge in [0.2, 0.25) is 0 Å². The van der Waals surface area contributed by atoms with E-state index in [2.05, 4.69) is 0 Å². The summed E-state index contributed by atoms with van der Waals surface area (Å²) in [6, 6.07) is 0. The molecule has 0 aromatic rings. The van der Waals surface area contributed by atoms with Gasteiger partial charge in [-0.15, -0.1) is 0 Å². The van der Waals surface area contributed by atoms with Crippen molar-refractivity contribution in [3.63, 3.8) is 0 Å². The second-order valence-corrected chi connectivity index (χ2v) is 7.17. The van der Waals surface area contributed by atoms with Crippen molar-refractivity contribution >= 4 is 27.4 Å². The van der Waals surface area contributed by atoms with E-state index in [1.54, 1.807) is 0 Å². The predicted molar refractivity (Wildman–Crippen MR) is 59.4 cm³/mol. The minimum atomic E-state index is -2.90. The SMILES string of the molecule is CS(=O)(=O)CCCC(=O)C1CCSC1. The highest BCUT2D eigenvalue weighted by molar-refractivity contribution is 7.99. The largest absolute Gasteiger partial charge is 0.299 e. The average Bonchev–Trinajstić information content (AvgIpc) is 2.53.